The summed E-state index contributed by atoms with van der Waals surface area (Å²) in [4.78, 5) is 25.8. The van der Waals surface area contributed by atoms with Crippen LogP contribution in [0.4, 0.5) is 26.2 Å². The molecule has 0 aromatic heterocycles. The van der Waals surface area contributed by atoms with E-state index < -0.39 is 12.0 Å². The van der Waals surface area contributed by atoms with Crippen LogP contribution in [0.1, 0.15) is 36.5 Å². The molecule has 28 heavy (non-hydrogen) atoms. The van der Waals surface area contributed by atoms with Gasteiger partial charge in [0.25, 0.3) is 0 Å². The average molecular weight is 385 g/mol. The summed E-state index contributed by atoms with van der Waals surface area (Å²) in [7, 11) is 0. The Morgan fingerprint density at radius 2 is 1.64 bits per heavy atom. The standard InChI is InChI=1S/C21H24FN3O3/c1-2-28-20(26)15-6-8-16(9-7-15)23-21(27)24-17-10-11-19(18(22)14-17)25-12-4-3-5-13-25/h6-11,14H,2-5,12-13H2,1H3,(H2,23,24,27). The van der Waals surface area contributed by atoms with Gasteiger partial charge in [0, 0.05) is 24.5 Å². The first-order valence-electron chi connectivity index (χ1n) is 9.46. The van der Waals surface area contributed by atoms with Gasteiger partial charge in [-0.05, 0) is 68.7 Å². The monoisotopic (exact) mass is 385 g/mol. The molecule has 1 saturated heterocycles. The molecule has 0 radical (unpaired) electrons. The molecule has 0 bridgehead atoms. The molecule has 1 aliphatic heterocycles. The summed E-state index contributed by atoms with van der Waals surface area (Å²) in [5, 5.41) is 5.27. The molecule has 2 amide bonds. The number of carbonyl (C=O) groups is 2. The number of halogens is 1. The molecule has 3 rings (SSSR count). The molecule has 6 nitrogen and oxygen atoms in total. The number of hydrogen-bond donors (Lipinski definition) is 2. The molecule has 2 aromatic rings. The molecule has 0 spiro atoms. The summed E-state index contributed by atoms with van der Waals surface area (Å²) < 4.78 is 19.4. The Morgan fingerprint density at radius 3 is 2.29 bits per heavy atom. The van der Waals surface area contributed by atoms with Gasteiger partial charge in [-0.15, -0.1) is 0 Å². The van der Waals surface area contributed by atoms with E-state index in [-0.39, 0.29) is 5.82 Å². The predicted molar refractivity (Wildman–Crippen MR) is 108 cm³/mol. The second-order valence-electron chi connectivity index (χ2n) is 6.59. The lowest BCUT2D eigenvalue weighted by Crippen LogP contribution is -2.30. The van der Waals surface area contributed by atoms with Crippen LogP contribution in [0.2, 0.25) is 0 Å². The number of esters is 1. The average Bonchev–Trinajstić information content (AvgIpc) is 2.69. The third-order valence-electron chi connectivity index (χ3n) is 4.56. The first-order chi connectivity index (χ1) is 13.6. The molecular formula is C21H24FN3O3. The van der Waals surface area contributed by atoms with E-state index in [0.29, 0.717) is 29.2 Å². The molecule has 1 heterocycles. The highest BCUT2D eigenvalue weighted by atomic mass is 19.1. The first kappa shape index (κ1) is 19.7. The second kappa shape index (κ2) is 9.21. The maximum absolute atomic E-state index is 14.4. The van der Waals surface area contributed by atoms with E-state index in [9.17, 15) is 14.0 Å². The third-order valence-corrected chi connectivity index (χ3v) is 4.56. The Balaban J connectivity index is 1.58. The zero-order valence-corrected chi connectivity index (χ0v) is 15.8. The van der Waals surface area contributed by atoms with Crippen LogP contribution in [0.5, 0.6) is 0 Å². The van der Waals surface area contributed by atoms with Gasteiger partial charge in [0.05, 0.1) is 17.9 Å². The Hall–Kier alpha value is -3.09. The number of rotatable bonds is 5. The largest absolute Gasteiger partial charge is 0.462 e. The quantitative estimate of drug-likeness (QED) is 0.736. The van der Waals surface area contributed by atoms with E-state index in [1.807, 2.05) is 4.90 Å². The normalized spacial score (nSPS) is 13.7. The maximum Gasteiger partial charge on any atom is 0.338 e. The van der Waals surface area contributed by atoms with E-state index >= 15 is 0 Å². The smallest absolute Gasteiger partial charge is 0.338 e. The zero-order chi connectivity index (χ0) is 19.9. The summed E-state index contributed by atoms with van der Waals surface area (Å²) in [6, 6.07) is 10.6. The minimum absolute atomic E-state index is 0.300. The predicted octanol–water partition coefficient (Wildman–Crippen LogP) is 4.64. The van der Waals surface area contributed by atoms with Crippen molar-refractivity contribution in [1.29, 1.82) is 0 Å². The Bertz CT molecular complexity index is 833. The molecule has 1 aliphatic rings. The maximum atomic E-state index is 14.4. The van der Waals surface area contributed by atoms with Crippen molar-refractivity contribution in [3.63, 3.8) is 0 Å². The van der Waals surface area contributed by atoms with E-state index in [4.69, 9.17) is 4.74 Å². The topological polar surface area (TPSA) is 70.7 Å². The molecule has 1 fully saturated rings. The SMILES string of the molecule is CCOC(=O)c1ccc(NC(=O)Nc2ccc(N3CCCCC3)c(F)c2)cc1. The number of anilines is 3. The fourth-order valence-corrected chi connectivity index (χ4v) is 3.17. The van der Waals surface area contributed by atoms with Crippen molar-refractivity contribution in [3.8, 4) is 0 Å². The molecule has 0 saturated carbocycles. The number of ether oxygens (including phenoxy) is 1. The molecular weight excluding hydrogens is 361 g/mol. The number of urea groups is 1. The van der Waals surface area contributed by atoms with Crippen molar-refractivity contribution in [2.75, 3.05) is 35.2 Å². The van der Waals surface area contributed by atoms with Crippen LogP contribution in [0.15, 0.2) is 42.5 Å². The molecule has 2 aromatic carbocycles. The van der Waals surface area contributed by atoms with Gasteiger partial charge in [0.15, 0.2) is 0 Å². The van der Waals surface area contributed by atoms with E-state index in [1.54, 1.807) is 43.3 Å². The van der Waals surface area contributed by atoms with Crippen LogP contribution >= 0.6 is 0 Å². The van der Waals surface area contributed by atoms with Gasteiger partial charge in [-0.2, -0.15) is 0 Å². The number of hydrogen-bond acceptors (Lipinski definition) is 4. The minimum atomic E-state index is -0.492. The van der Waals surface area contributed by atoms with Gasteiger partial charge in [0.1, 0.15) is 5.82 Å². The number of amides is 2. The summed E-state index contributed by atoms with van der Waals surface area (Å²) in [5.41, 5.74) is 1.86. The molecule has 7 heteroatoms. The van der Waals surface area contributed by atoms with Gasteiger partial charge in [0.2, 0.25) is 0 Å². The van der Waals surface area contributed by atoms with Crippen LogP contribution in [0.25, 0.3) is 0 Å². The van der Waals surface area contributed by atoms with Crippen LogP contribution in [0, 0.1) is 5.82 Å². The first-order valence-corrected chi connectivity index (χ1v) is 9.46. The van der Waals surface area contributed by atoms with Crippen molar-refractivity contribution >= 4 is 29.1 Å². The van der Waals surface area contributed by atoms with Crippen LogP contribution in [-0.4, -0.2) is 31.7 Å². The molecule has 0 aliphatic carbocycles. The number of carbonyl (C=O) groups excluding carboxylic acids is 2. The minimum Gasteiger partial charge on any atom is -0.462 e. The van der Waals surface area contributed by atoms with E-state index in [2.05, 4.69) is 10.6 Å². The fraction of sp³-hybridized carbons (Fsp3) is 0.333. The van der Waals surface area contributed by atoms with Crippen LogP contribution < -0.4 is 15.5 Å². The Labute approximate surface area is 163 Å². The number of benzene rings is 2. The number of nitrogens with one attached hydrogen (secondary N) is 2. The van der Waals surface area contributed by atoms with Crippen molar-refractivity contribution in [1.82, 2.24) is 0 Å². The van der Waals surface area contributed by atoms with Crippen molar-refractivity contribution in [3.05, 3.63) is 53.8 Å². The summed E-state index contributed by atoms with van der Waals surface area (Å²) in [5.74, 6) is -0.763. The summed E-state index contributed by atoms with van der Waals surface area (Å²) in [6.45, 7) is 3.74. The Kier molecular flexibility index (Phi) is 6.47. The third kappa shape index (κ3) is 5.00. The fourth-order valence-electron chi connectivity index (χ4n) is 3.17. The van der Waals surface area contributed by atoms with Crippen molar-refractivity contribution in [2.24, 2.45) is 0 Å². The highest BCUT2D eigenvalue weighted by Gasteiger charge is 2.15. The molecule has 0 unspecified atom stereocenters. The lowest BCUT2D eigenvalue weighted by molar-refractivity contribution is 0.0526. The van der Waals surface area contributed by atoms with Gasteiger partial charge in [-0.25, -0.2) is 14.0 Å². The Morgan fingerprint density at radius 1 is 1.00 bits per heavy atom. The second-order valence-corrected chi connectivity index (χ2v) is 6.59. The van der Waals surface area contributed by atoms with E-state index in [1.165, 1.54) is 12.5 Å². The van der Waals surface area contributed by atoms with E-state index in [0.717, 1.165) is 25.9 Å². The molecule has 148 valence electrons. The van der Waals surface area contributed by atoms with Gasteiger partial charge in [-0.3, -0.25) is 0 Å². The highest BCUT2D eigenvalue weighted by Crippen LogP contribution is 2.25. The van der Waals surface area contributed by atoms with Crippen LogP contribution in [-0.2, 0) is 4.74 Å². The van der Waals surface area contributed by atoms with Gasteiger partial charge < -0.3 is 20.3 Å². The zero-order valence-electron chi connectivity index (χ0n) is 15.8. The number of nitrogens with zero attached hydrogens (tertiary/aromatic N) is 1. The summed E-state index contributed by atoms with van der Waals surface area (Å²) in [6.07, 6.45) is 3.31. The van der Waals surface area contributed by atoms with Crippen molar-refractivity contribution in [2.45, 2.75) is 26.2 Å². The lowest BCUT2D eigenvalue weighted by Gasteiger charge is -2.29. The lowest BCUT2D eigenvalue weighted by atomic mass is 10.1. The van der Waals surface area contributed by atoms with Gasteiger partial charge >= 0.3 is 12.0 Å². The molecule has 0 atom stereocenters. The number of piperidine rings is 1. The highest BCUT2D eigenvalue weighted by molar-refractivity contribution is 6.00. The van der Waals surface area contributed by atoms with Crippen LogP contribution in [0.3, 0.4) is 0 Å². The van der Waals surface area contributed by atoms with Gasteiger partial charge in [-0.1, -0.05) is 0 Å². The van der Waals surface area contributed by atoms with Crippen molar-refractivity contribution < 1.29 is 18.7 Å². The molecule has 2 N–H and O–H groups in total. The summed E-state index contributed by atoms with van der Waals surface area (Å²) >= 11 is 0.